The molecule has 3 aliphatic rings. The Morgan fingerprint density at radius 2 is 1.57 bits per heavy atom. The van der Waals surface area contributed by atoms with Crippen molar-refractivity contribution in [3.05, 3.63) is 83.4 Å². The molecule has 2 fully saturated rings. The van der Waals surface area contributed by atoms with Crippen LogP contribution in [0.1, 0.15) is 48.3 Å². The first-order valence-corrected chi connectivity index (χ1v) is 12.5. The van der Waals surface area contributed by atoms with Gasteiger partial charge in [-0.15, -0.1) is 0 Å². The van der Waals surface area contributed by atoms with Crippen molar-refractivity contribution in [2.45, 2.75) is 49.9 Å². The Hall–Kier alpha value is -3.68. The second kappa shape index (κ2) is 8.71. The highest BCUT2D eigenvalue weighted by molar-refractivity contribution is 5.79. The van der Waals surface area contributed by atoms with Crippen LogP contribution in [0.15, 0.2) is 66.7 Å². The number of ether oxygens (including phenoxy) is 2. The van der Waals surface area contributed by atoms with Gasteiger partial charge in [-0.25, -0.2) is 4.79 Å². The van der Waals surface area contributed by atoms with Gasteiger partial charge in [-0.1, -0.05) is 48.5 Å². The molecule has 0 aliphatic heterocycles. The minimum atomic E-state index is -4.52. The lowest BCUT2D eigenvalue weighted by atomic mass is 9.53. The molecule has 6 rings (SSSR count). The predicted octanol–water partition coefficient (Wildman–Crippen LogP) is 6.52. The normalized spacial score (nSPS) is 24.0. The fourth-order valence-corrected chi connectivity index (χ4v) is 6.26. The zero-order valence-electron chi connectivity index (χ0n) is 20.1. The highest BCUT2D eigenvalue weighted by Gasteiger charge is 2.54. The standard InChI is InChI=1S/C29H27F3N2O3/c30-29(31,32)25-11-18(9-10-26(25)33)37-19-14-28(15-19)12-17(13-28)34-27(35)36-16-24-22-7-3-1-5-20(22)21-6-2-4-8-23(21)24/h1-11,17,19,24H,12-16,33H2,(H,34,35). The molecule has 8 heteroatoms. The van der Waals surface area contributed by atoms with Gasteiger partial charge in [0.1, 0.15) is 12.4 Å². The Morgan fingerprint density at radius 1 is 0.946 bits per heavy atom. The average Bonchev–Trinajstić information content (AvgIpc) is 3.14. The van der Waals surface area contributed by atoms with Gasteiger partial charge in [0.15, 0.2) is 0 Å². The van der Waals surface area contributed by atoms with E-state index in [1.54, 1.807) is 0 Å². The number of fused-ring (bicyclic) bond motifs is 3. The van der Waals surface area contributed by atoms with E-state index in [0.717, 1.165) is 31.7 Å². The van der Waals surface area contributed by atoms with Gasteiger partial charge in [-0.3, -0.25) is 0 Å². The SMILES string of the molecule is Nc1ccc(OC2CC3(CC(NC(=O)OCC4c5ccccc5-c5ccccc54)C3)C2)cc1C(F)(F)F. The number of nitrogen functional groups attached to an aromatic ring is 1. The third-order valence-corrected chi connectivity index (χ3v) is 7.98. The van der Waals surface area contributed by atoms with Gasteiger partial charge >= 0.3 is 12.3 Å². The Morgan fingerprint density at radius 3 is 2.19 bits per heavy atom. The van der Waals surface area contributed by atoms with E-state index in [4.69, 9.17) is 15.2 Å². The summed E-state index contributed by atoms with van der Waals surface area (Å²) in [5.74, 6) is 0.190. The van der Waals surface area contributed by atoms with Crippen LogP contribution in [0.4, 0.5) is 23.7 Å². The topological polar surface area (TPSA) is 73.6 Å². The van der Waals surface area contributed by atoms with Gasteiger partial charge in [0, 0.05) is 17.6 Å². The van der Waals surface area contributed by atoms with Crippen molar-refractivity contribution in [1.29, 1.82) is 0 Å². The third kappa shape index (κ3) is 4.38. The third-order valence-electron chi connectivity index (χ3n) is 7.98. The molecule has 5 nitrogen and oxygen atoms in total. The van der Waals surface area contributed by atoms with Gasteiger partial charge in [-0.05, 0) is 71.6 Å². The summed E-state index contributed by atoms with van der Waals surface area (Å²) in [6.07, 6.45) is -1.95. The number of nitrogens with two attached hydrogens (primary N) is 1. The molecule has 3 aliphatic carbocycles. The maximum atomic E-state index is 13.1. The fourth-order valence-electron chi connectivity index (χ4n) is 6.26. The lowest BCUT2D eigenvalue weighted by Crippen LogP contribution is -2.58. The van der Waals surface area contributed by atoms with E-state index in [-0.39, 0.29) is 41.5 Å². The van der Waals surface area contributed by atoms with Crippen molar-refractivity contribution in [2.75, 3.05) is 12.3 Å². The highest BCUT2D eigenvalue weighted by Crippen LogP contribution is 2.57. The van der Waals surface area contributed by atoms with E-state index in [2.05, 4.69) is 29.6 Å². The Kier molecular flexibility index (Phi) is 5.58. The van der Waals surface area contributed by atoms with Gasteiger partial charge in [0.05, 0.1) is 11.7 Å². The van der Waals surface area contributed by atoms with Gasteiger partial charge in [0.2, 0.25) is 0 Å². The summed E-state index contributed by atoms with van der Waals surface area (Å²) in [6.45, 7) is 0.273. The van der Waals surface area contributed by atoms with Crippen molar-refractivity contribution < 1.29 is 27.4 Å². The van der Waals surface area contributed by atoms with E-state index in [0.29, 0.717) is 0 Å². The first-order chi connectivity index (χ1) is 17.7. The summed E-state index contributed by atoms with van der Waals surface area (Å²) in [5.41, 5.74) is 9.05. The van der Waals surface area contributed by atoms with Crippen LogP contribution in [0, 0.1) is 5.41 Å². The minimum absolute atomic E-state index is 0.0154. The minimum Gasteiger partial charge on any atom is -0.490 e. The summed E-state index contributed by atoms with van der Waals surface area (Å²) < 4.78 is 50.7. The molecular formula is C29H27F3N2O3. The molecule has 3 N–H and O–H groups in total. The monoisotopic (exact) mass is 508 g/mol. The zero-order valence-corrected chi connectivity index (χ0v) is 20.1. The van der Waals surface area contributed by atoms with Crippen molar-refractivity contribution >= 4 is 11.8 Å². The van der Waals surface area contributed by atoms with Crippen LogP contribution in [0.25, 0.3) is 11.1 Å². The predicted molar refractivity (Wildman–Crippen MR) is 133 cm³/mol. The Balaban J connectivity index is 0.976. The second-order valence-electron chi connectivity index (χ2n) is 10.5. The molecule has 3 aromatic rings. The van der Waals surface area contributed by atoms with Crippen LogP contribution in [0.5, 0.6) is 5.75 Å². The Labute approximate surface area is 212 Å². The van der Waals surface area contributed by atoms with E-state index >= 15 is 0 Å². The van der Waals surface area contributed by atoms with Gasteiger partial charge in [0.25, 0.3) is 0 Å². The molecule has 0 radical (unpaired) electrons. The Bertz CT molecular complexity index is 1300. The van der Waals surface area contributed by atoms with Crippen LogP contribution in [-0.4, -0.2) is 24.8 Å². The van der Waals surface area contributed by atoms with E-state index in [1.807, 2.05) is 24.3 Å². The van der Waals surface area contributed by atoms with Gasteiger partial charge < -0.3 is 20.5 Å². The quantitative estimate of drug-likeness (QED) is 0.385. The van der Waals surface area contributed by atoms with Crippen LogP contribution in [0.2, 0.25) is 0 Å². The highest BCUT2D eigenvalue weighted by atomic mass is 19.4. The number of anilines is 1. The molecule has 0 atom stereocenters. The molecule has 0 bridgehead atoms. The molecule has 0 aromatic heterocycles. The number of halogens is 3. The molecule has 0 heterocycles. The van der Waals surface area contributed by atoms with Crippen LogP contribution < -0.4 is 15.8 Å². The summed E-state index contributed by atoms with van der Waals surface area (Å²) in [5, 5.41) is 2.97. The van der Waals surface area contributed by atoms with E-state index < -0.39 is 17.8 Å². The number of alkyl halides is 3. The summed E-state index contributed by atoms with van der Waals surface area (Å²) in [7, 11) is 0. The first kappa shape index (κ1) is 23.7. The molecule has 0 saturated heterocycles. The van der Waals surface area contributed by atoms with Gasteiger partial charge in [-0.2, -0.15) is 13.2 Å². The summed E-state index contributed by atoms with van der Waals surface area (Å²) in [4.78, 5) is 12.5. The van der Waals surface area contributed by atoms with Crippen molar-refractivity contribution in [3.8, 4) is 16.9 Å². The number of rotatable bonds is 5. The van der Waals surface area contributed by atoms with E-state index in [9.17, 15) is 18.0 Å². The lowest BCUT2D eigenvalue weighted by Gasteiger charge is -2.57. The number of hydrogen-bond acceptors (Lipinski definition) is 4. The number of amides is 1. The number of hydrogen-bond donors (Lipinski definition) is 2. The largest absolute Gasteiger partial charge is 0.490 e. The van der Waals surface area contributed by atoms with Crippen molar-refractivity contribution in [2.24, 2.45) is 5.41 Å². The number of carbonyl (C=O) groups excluding carboxylic acids is 1. The molecular weight excluding hydrogens is 481 g/mol. The van der Waals surface area contributed by atoms with Crippen LogP contribution >= 0.6 is 0 Å². The van der Waals surface area contributed by atoms with Crippen LogP contribution in [0.3, 0.4) is 0 Å². The number of nitrogens with one attached hydrogen (secondary N) is 1. The molecule has 1 amide bonds. The van der Waals surface area contributed by atoms with Crippen molar-refractivity contribution in [3.63, 3.8) is 0 Å². The number of alkyl carbamates (subject to hydrolysis) is 1. The first-order valence-electron chi connectivity index (χ1n) is 12.5. The molecule has 192 valence electrons. The summed E-state index contributed by atoms with van der Waals surface area (Å²) >= 11 is 0. The van der Waals surface area contributed by atoms with Crippen molar-refractivity contribution in [1.82, 2.24) is 5.32 Å². The molecule has 3 aromatic carbocycles. The number of carbonyl (C=O) groups is 1. The lowest BCUT2D eigenvalue weighted by molar-refractivity contribution is -0.137. The molecule has 2 saturated carbocycles. The zero-order chi connectivity index (χ0) is 25.8. The van der Waals surface area contributed by atoms with E-state index in [1.165, 1.54) is 34.4 Å². The molecule has 0 unspecified atom stereocenters. The summed E-state index contributed by atoms with van der Waals surface area (Å²) in [6, 6.07) is 20.1. The maximum Gasteiger partial charge on any atom is 0.418 e. The number of benzene rings is 3. The maximum absolute atomic E-state index is 13.1. The smallest absolute Gasteiger partial charge is 0.418 e. The molecule has 1 spiro atoms. The van der Waals surface area contributed by atoms with Crippen LogP contribution in [-0.2, 0) is 10.9 Å². The average molecular weight is 509 g/mol. The molecule has 37 heavy (non-hydrogen) atoms. The second-order valence-corrected chi connectivity index (χ2v) is 10.5. The fraction of sp³-hybridized carbons (Fsp3) is 0.345.